The zero-order valence-electron chi connectivity index (χ0n) is 6.19. The number of methoxy groups -OCH3 is 1. The fourth-order valence-corrected chi connectivity index (χ4v) is 1.18. The van der Waals surface area contributed by atoms with Crippen LogP contribution in [0, 0.1) is 0 Å². The highest BCUT2D eigenvalue weighted by molar-refractivity contribution is 5.43. The zero-order valence-corrected chi connectivity index (χ0v) is 6.19. The summed E-state index contributed by atoms with van der Waals surface area (Å²) in [5, 5.41) is 7.72. The third kappa shape index (κ3) is 0.935. The van der Waals surface area contributed by atoms with E-state index in [2.05, 4.69) is 10.2 Å². The maximum atomic E-state index is 5.19. The lowest BCUT2D eigenvalue weighted by atomic mass is 10.0. The summed E-state index contributed by atoms with van der Waals surface area (Å²) in [5.41, 5.74) is 1.97. The van der Waals surface area contributed by atoms with Crippen LogP contribution in [0.2, 0.25) is 0 Å². The minimum Gasteiger partial charge on any atom is -0.373 e. The molecule has 0 unspecified atom stereocenters. The molecule has 2 rings (SSSR count). The van der Waals surface area contributed by atoms with Gasteiger partial charge in [0.05, 0.1) is 11.9 Å². The molecule has 0 aromatic heterocycles. The van der Waals surface area contributed by atoms with Crippen molar-refractivity contribution in [3.63, 3.8) is 0 Å². The van der Waals surface area contributed by atoms with Crippen LogP contribution in [-0.2, 0) is 4.74 Å². The third-order valence-electron chi connectivity index (χ3n) is 1.76. The Kier molecular flexibility index (Phi) is 1.43. The molecule has 0 aromatic rings. The molecule has 0 radical (unpaired) electrons. The van der Waals surface area contributed by atoms with E-state index in [1.54, 1.807) is 13.3 Å². The molecular formula is C8H8N2O. The van der Waals surface area contributed by atoms with E-state index < -0.39 is 0 Å². The van der Waals surface area contributed by atoms with Crippen LogP contribution in [0.1, 0.15) is 0 Å². The second-order valence-corrected chi connectivity index (χ2v) is 2.39. The number of rotatable bonds is 1. The van der Waals surface area contributed by atoms with Crippen molar-refractivity contribution in [3.05, 3.63) is 35.7 Å². The van der Waals surface area contributed by atoms with Gasteiger partial charge in [-0.1, -0.05) is 12.2 Å². The lowest BCUT2D eigenvalue weighted by Crippen LogP contribution is -2.12. The summed E-state index contributed by atoms with van der Waals surface area (Å²) in [5.74, 6) is 0. The van der Waals surface area contributed by atoms with Crippen molar-refractivity contribution in [1.29, 1.82) is 0 Å². The summed E-state index contributed by atoms with van der Waals surface area (Å²) in [6, 6.07) is 0. The Morgan fingerprint density at radius 2 is 2.45 bits per heavy atom. The van der Waals surface area contributed by atoms with Gasteiger partial charge in [0.2, 0.25) is 0 Å². The first-order valence-corrected chi connectivity index (χ1v) is 3.44. The standard InChI is InChI=1S/C8H8N2O/c1-11-8-4-2-3-7-6(8)5-9-10-7/h2-5,8H,1H3/t8-/m0/s1. The third-order valence-corrected chi connectivity index (χ3v) is 1.76. The predicted octanol–water partition coefficient (Wildman–Crippen LogP) is 1.80. The second-order valence-electron chi connectivity index (χ2n) is 2.39. The summed E-state index contributed by atoms with van der Waals surface area (Å²) < 4.78 is 5.19. The minimum atomic E-state index is 0.0324. The van der Waals surface area contributed by atoms with Crippen LogP contribution >= 0.6 is 0 Å². The van der Waals surface area contributed by atoms with E-state index in [9.17, 15) is 0 Å². The van der Waals surface area contributed by atoms with Crippen LogP contribution in [-0.4, -0.2) is 13.2 Å². The fourth-order valence-electron chi connectivity index (χ4n) is 1.18. The highest BCUT2D eigenvalue weighted by atomic mass is 16.5. The maximum absolute atomic E-state index is 5.19. The Labute approximate surface area is 64.8 Å². The van der Waals surface area contributed by atoms with Crippen LogP contribution in [0.5, 0.6) is 0 Å². The van der Waals surface area contributed by atoms with E-state index >= 15 is 0 Å². The van der Waals surface area contributed by atoms with E-state index in [0.717, 1.165) is 11.3 Å². The topological polar surface area (TPSA) is 34.0 Å². The molecule has 56 valence electrons. The van der Waals surface area contributed by atoms with Gasteiger partial charge in [0.25, 0.3) is 0 Å². The van der Waals surface area contributed by atoms with Crippen molar-refractivity contribution in [1.82, 2.24) is 0 Å². The highest BCUT2D eigenvalue weighted by Crippen LogP contribution is 2.27. The van der Waals surface area contributed by atoms with Crippen LogP contribution in [0.4, 0.5) is 0 Å². The number of azo groups is 1. The van der Waals surface area contributed by atoms with Crippen molar-refractivity contribution in [2.24, 2.45) is 10.2 Å². The molecule has 0 saturated carbocycles. The number of ether oxygens (including phenoxy) is 1. The van der Waals surface area contributed by atoms with Gasteiger partial charge in [0, 0.05) is 12.7 Å². The predicted molar refractivity (Wildman–Crippen MR) is 41.0 cm³/mol. The molecule has 3 nitrogen and oxygen atoms in total. The van der Waals surface area contributed by atoms with E-state index in [0.29, 0.717) is 0 Å². The molecule has 0 saturated heterocycles. The van der Waals surface area contributed by atoms with Gasteiger partial charge in [-0.15, -0.1) is 0 Å². The largest absolute Gasteiger partial charge is 0.373 e. The van der Waals surface area contributed by atoms with Gasteiger partial charge in [-0.05, 0) is 6.08 Å². The molecule has 0 fully saturated rings. The molecule has 1 atom stereocenters. The lowest BCUT2D eigenvalue weighted by molar-refractivity contribution is 0.169. The van der Waals surface area contributed by atoms with Crippen molar-refractivity contribution < 1.29 is 4.74 Å². The van der Waals surface area contributed by atoms with Crippen LogP contribution in [0.3, 0.4) is 0 Å². The first-order valence-electron chi connectivity index (χ1n) is 3.44. The molecule has 0 bridgehead atoms. The average Bonchev–Trinajstić information content (AvgIpc) is 2.50. The number of nitrogens with zero attached hydrogens (tertiary/aromatic N) is 2. The Morgan fingerprint density at radius 1 is 1.55 bits per heavy atom. The summed E-state index contributed by atoms with van der Waals surface area (Å²) in [6.07, 6.45) is 7.61. The Morgan fingerprint density at radius 3 is 3.27 bits per heavy atom. The lowest BCUT2D eigenvalue weighted by Gasteiger charge is -2.14. The van der Waals surface area contributed by atoms with Crippen molar-refractivity contribution in [2.45, 2.75) is 6.10 Å². The monoisotopic (exact) mass is 148 g/mol. The number of hydrogen-bond acceptors (Lipinski definition) is 3. The van der Waals surface area contributed by atoms with Crippen LogP contribution < -0.4 is 0 Å². The number of allylic oxidation sites excluding steroid dienone is 2. The van der Waals surface area contributed by atoms with Gasteiger partial charge in [-0.2, -0.15) is 10.2 Å². The van der Waals surface area contributed by atoms with Gasteiger partial charge in [-0.3, -0.25) is 0 Å². The number of hydrogen-bond donors (Lipinski definition) is 0. The second kappa shape index (κ2) is 2.43. The molecule has 0 amide bonds. The fraction of sp³-hybridized carbons (Fsp3) is 0.250. The molecule has 1 heterocycles. The van der Waals surface area contributed by atoms with E-state index in [-0.39, 0.29) is 6.10 Å². The molecule has 0 N–H and O–H groups in total. The minimum absolute atomic E-state index is 0.0324. The summed E-state index contributed by atoms with van der Waals surface area (Å²) in [7, 11) is 1.68. The number of fused-ring (bicyclic) bond motifs is 1. The Balaban J connectivity index is 2.34. The van der Waals surface area contributed by atoms with Crippen LogP contribution in [0.25, 0.3) is 0 Å². The first-order chi connectivity index (χ1) is 5.42. The van der Waals surface area contributed by atoms with E-state index in [1.165, 1.54) is 0 Å². The summed E-state index contributed by atoms with van der Waals surface area (Å²) in [6.45, 7) is 0. The van der Waals surface area contributed by atoms with Crippen molar-refractivity contribution in [2.75, 3.05) is 7.11 Å². The molecular weight excluding hydrogens is 140 g/mol. The van der Waals surface area contributed by atoms with Crippen molar-refractivity contribution >= 4 is 0 Å². The van der Waals surface area contributed by atoms with Gasteiger partial charge in [0.1, 0.15) is 6.10 Å². The Hall–Kier alpha value is -1.22. The normalized spacial score (nSPS) is 26.5. The van der Waals surface area contributed by atoms with Gasteiger partial charge in [0.15, 0.2) is 0 Å². The molecule has 1 aliphatic carbocycles. The average molecular weight is 148 g/mol. The maximum Gasteiger partial charge on any atom is 0.104 e. The zero-order chi connectivity index (χ0) is 7.68. The molecule has 0 spiro atoms. The van der Waals surface area contributed by atoms with Gasteiger partial charge < -0.3 is 4.74 Å². The molecule has 2 aliphatic rings. The van der Waals surface area contributed by atoms with Gasteiger partial charge in [-0.25, -0.2) is 0 Å². The highest BCUT2D eigenvalue weighted by Gasteiger charge is 2.20. The Bertz CT molecular complexity index is 286. The van der Waals surface area contributed by atoms with E-state index in [4.69, 9.17) is 4.74 Å². The first kappa shape index (κ1) is 6.49. The molecule has 1 aliphatic heterocycles. The molecule has 11 heavy (non-hydrogen) atoms. The quantitative estimate of drug-likeness (QED) is 0.558. The van der Waals surface area contributed by atoms with Gasteiger partial charge >= 0.3 is 0 Å². The smallest absolute Gasteiger partial charge is 0.104 e. The SMILES string of the molecule is CO[C@H]1C=CC=C2N=NC=C21. The van der Waals surface area contributed by atoms with Crippen LogP contribution in [0.15, 0.2) is 45.9 Å². The van der Waals surface area contributed by atoms with E-state index in [1.807, 2.05) is 18.2 Å². The summed E-state index contributed by atoms with van der Waals surface area (Å²) in [4.78, 5) is 0. The molecule has 0 aromatic carbocycles. The van der Waals surface area contributed by atoms with Crippen molar-refractivity contribution in [3.8, 4) is 0 Å². The summed E-state index contributed by atoms with van der Waals surface area (Å²) >= 11 is 0. The molecule has 3 heteroatoms.